The van der Waals surface area contributed by atoms with E-state index in [9.17, 15) is 19.5 Å². The van der Waals surface area contributed by atoms with Crippen LogP contribution in [0.25, 0.3) is 0 Å². The first kappa shape index (κ1) is 26.8. The number of carbonyl (C=O) groups excluding carboxylic acids is 2. The molecule has 1 aromatic rings. The predicted octanol–water partition coefficient (Wildman–Crippen LogP) is 4.00. The summed E-state index contributed by atoms with van der Waals surface area (Å²) in [5, 5.41) is 11.9. The van der Waals surface area contributed by atoms with Gasteiger partial charge in [0.25, 0.3) is 0 Å². The third-order valence-electron chi connectivity index (χ3n) is 6.79. The van der Waals surface area contributed by atoms with E-state index in [1.54, 1.807) is 33.8 Å². The van der Waals surface area contributed by atoms with Crippen LogP contribution in [0.5, 0.6) is 5.75 Å². The number of carboxylic acids is 1. The van der Waals surface area contributed by atoms with E-state index in [1.165, 1.54) is 18.4 Å². The number of rotatable bonds is 9. The first-order valence-corrected chi connectivity index (χ1v) is 11.9. The average Bonchev–Trinajstić information content (AvgIpc) is 2.92. The van der Waals surface area contributed by atoms with Gasteiger partial charge in [0.05, 0.1) is 11.8 Å². The normalized spacial score (nSPS) is 20.7. The van der Waals surface area contributed by atoms with Gasteiger partial charge in [0, 0.05) is 12.0 Å². The molecule has 2 atom stereocenters. The summed E-state index contributed by atoms with van der Waals surface area (Å²) in [5.41, 5.74) is 0.0869. The van der Waals surface area contributed by atoms with Gasteiger partial charge in [-0.05, 0) is 56.5 Å². The highest BCUT2D eigenvalue weighted by Gasteiger charge is 2.36. The standard InChI is InChI=1S/C26H40N2O5/c1-7-26(13-8-9-14-28(6)17-26)19-11-10-12-20(15-19)33-21(29)16-25(4,5)24(32)27-22(18(2)3)23(30)31/h10-12,15,18,22H,7-9,13-14,16-17H2,1-6H3,(H,27,32)(H,30,31). The molecule has 0 spiro atoms. The number of nitrogens with zero attached hydrogens (tertiary/aromatic N) is 1. The van der Waals surface area contributed by atoms with Crippen LogP contribution in [0.3, 0.4) is 0 Å². The molecule has 1 aliphatic rings. The zero-order chi connectivity index (χ0) is 24.8. The summed E-state index contributed by atoms with van der Waals surface area (Å²) in [6.45, 7) is 11.0. The van der Waals surface area contributed by atoms with E-state index in [-0.39, 0.29) is 17.8 Å². The summed E-state index contributed by atoms with van der Waals surface area (Å²) in [5.74, 6) is -1.90. The average molecular weight is 461 g/mol. The molecule has 33 heavy (non-hydrogen) atoms. The van der Waals surface area contributed by atoms with Crippen LogP contribution in [-0.4, -0.2) is 54.0 Å². The molecule has 1 aromatic carbocycles. The van der Waals surface area contributed by atoms with Crippen LogP contribution in [0.15, 0.2) is 24.3 Å². The van der Waals surface area contributed by atoms with Crippen molar-refractivity contribution in [3.8, 4) is 5.75 Å². The predicted molar refractivity (Wildman–Crippen MR) is 128 cm³/mol. The Morgan fingerprint density at radius 1 is 1.24 bits per heavy atom. The third-order valence-corrected chi connectivity index (χ3v) is 6.79. The monoisotopic (exact) mass is 460 g/mol. The Bertz CT molecular complexity index is 851. The Balaban J connectivity index is 2.11. The van der Waals surface area contributed by atoms with Crippen molar-refractivity contribution in [2.24, 2.45) is 11.3 Å². The van der Waals surface area contributed by atoms with Gasteiger partial charge in [-0.2, -0.15) is 0 Å². The lowest BCUT2D eigenvalue weighted by Crippen LogP contribution is -2.49. The fourth-order valence-corrected chi connectivity index (χ4v) is 4.60. The van der Waals surface area contributed by atoms with Gasteiger partial charge < -0.3 is 20.1 Å². The molecule has 2 rings (SSSR count). The Kier molecular flexibility index (Phi) is 9.06. The molecule has 1 aliphatic heterocycles. The molecule has 0 saturated carbocycles. The lowest BCUT2D eigenvalue weighted by Gasteiger charge is -2.35. The van der Waals surface area contributed by atoms with E-state index in [1.807, 2.05) is 12.1 Å². The molecule has 1 fully saturated rings. The molecule has 1 heterocycles. The number of nitrogens with one attached hydrogen (secondary N) is 1. The molecule has 1 saturated heterocycles. The molecule has 2 unspecified atom stereocenters. The maximum Gasteiger partial charge on any atom is 0.326 e. The SMILES string of the molecule is CCC1(c2cccc(OC(=O)CC(C)(C)C(=O)NC(C(=O)O)C(C)C)c2)CCCCN(C)C1. The van der Waals surface area contributed by atoms with E-state index >= 15 is 0 Å². The van der Waals surface area contributed by atoms with Crippen molar-refractivity contribution in [2.75, 3.05) is 20.1 Å². The second-order valence-corrected chi connectivity index (χ2v) is 10.4. The van der Waals surface area contributed by atoms with Crippen molar-refractivity contribution in [1.29, 1.82) is 0 Å². The lowest BCUT2D eigenvalue weighted by molar-refractivity contribution is -0.146. The highest BCUT2D eigenvalue weighted by Crippen LogP contribution is 2.37. The summed E-state index contributed by atoms with van der Waals surface area (Å²) in [7, 11) is 2.15. The number of carboxylic acid groups (broad SMARTS) is 1. The third kappa shape index (κ3) is 7.03. The van der Waals surface area contributed by atoms with Crippen LogP contribution in [0, 0.1) is 11.3 Å². The molecule has 1 amide bonds. The Morgan fingerprint density at radius 2 is 1.94 bits per heavy atom. The highest BCUT2D eigenvalue weighted by atomic mass is 16.5. The molecule has 0 aromatic heterocycles. The molecule has 0 aliphatic carbocycles. The quantitative estimate of drug-likeness (QED) is 0.427. The minimum Gasteiger partial charge on any atom is -0.480 e. The van der Waals surface area contributed by atoms with Crippen molar-refractivity contribution in [3.05, 3.63) is 29.8 Å². The van der Waals surface area contributed by atoms with Crippen molar-refractivity contribution in [1.82, 2.24) is 10.2 Å². The fourth-order valence-electron chi connectivity index (χ4n) is 4.60. The van der Waals surface area contributed by atoms with Crippen LogP contribution in [0.1, 0.15) is 72.3 Å². The molecule has 184 valence electrons. The van der Waals surface area contributed by atoms with Gasteiger partial charge >= 0.3 is 11.9 Å². The summed E-state index contributed by atoms with van der Waals surface area (Å²) in [6, 6.07) is 6.73. The van der Waals surface area contributed by atoms with Crippen LogP contribution in [-0.2, 0) is 19.8 Å². The van der Waals surface area contributed by atoms with E-state index in [0.29, 0.717) is 5.75 Å². The first-order valence-electron chi connectivity index (χ1n) is 11.9. The lowest BCUT2D eigenvalue weighted by atomic mass is 9.74. The smallest absolute Gasteiger partial charge is 0.326 e. The second kappa shape index (κ2) is 11.1. The minimum absolute atomic E-state index is 0.0233. The largest absolute Gasteiger partial charge is 0.480 e. The van der Waals surface area contributed by atoms with Crippen LogP contribution >= 0.6 is 0 Å². The molecule has 0 radical (unpaired) electrons. The topological polar surface area (TPSA) is 95.9 Å². The number of likely N-dealkylation sites (N-methyl/N-ethyl adjacent to an activating group) is 1. The number of hydrogen-bond donors (Lipinski definition) is 2. The molecular formula is C26H40N2O5. The summed E-state index contributed by atoms with van der Waals surface area (Å²) < 4.78 is 5.63. The Morgan fingerprint density at radius 3 is 2.55 bits per heavy atom. The fraction of sp³-hybridized carbons (Fsp3) is 0.654. The number of aliphatic carboxylic acids is 1. The summed E-state index contributed by atoms with van der Waals surface area (Å²) in [6.07, 6.45) is 4.29. The van der Waals surface area contributed by atoms with E-state index < -0.39 is 29.3 Å². The number of hydrogen-bond acceptors (Lipinski definition) is 5. The number of likely N-dealkylation sites (tertiary alicyclic amines) is 1. The minimum atomic E-state index is -1.11. The number of ether oxygens (including phenoxy) is 1. The van der Waals surface area contributed by atoms with Crippen molar-refractivity contribution < 1.29 is 24.2 Å². The first-order chi connectivity index (χ1) is 15.4. The van der Waals surface area contributed by atoms with Crippen LogP contribution in [0.2, 0.25) is 0 Å². The van der Waals surface area contributed by atoms with E-state index in [2.05, 4.69) is 30.3 Å². The molecule has 2 N–H and O–H groups in total. The molecule has 7 heteroatoms. The molecule has 0 bridgehead atoms. The number of benzene rings is 1. The number of amides is 1. The number of carbonyl (C=O) groups is 3. The van der Waals surface area contributed by atoms with Gasteiger partial charge in [-0.15, -0.1) is 0 Å². The van der Waals surface area contributed by atoms with E-state index in [0.717, 1.165) is 25.9 Å². The second-order valence-electron chi connectivity index (χ2n) is 10.4. The van der Waals surface area contributed by atoms with Gasteiger partial charge in [-0.25, -0.2) is 4.79 Å². The maximum absolute atomic E-state index is 12.7. The summed E-state index contributed by atoms with van der Waals surface area (Å²) in [4.78, 5) is 39.2. The zero-order valence-electron chi connectivity index (χ0n) is 20.9. The molecular weight excluding hydrogens is 420 g/mol. The summed E-state index contributed by atoms with van der Waals surface area (Å²) >= 11 is 0. The highest BCUT2D eigenvalue weighted by molar-refractivity contribution is 5.90. The van der Waals surface area contributed by atoms with Gasteiger partial charge in [-0.1, -0.05) is 53.2 Å². The van der Waals surface area contributed by atoms with Crippen LogP contribution < -0.4 is 10.1 Å². The van der Waals surface area contributed by atoms with Crippen molar-refractivity contribution in [3.63, 3.8) is 0 Å². The van der Waals surface area contributed by atoms with Gasteiger partial charge in [-0.3, -0.25) is 9.59 Å². The number of esters is 1. The molecule has 7 nitrogen and oxygen atoms in total. The van der Waals surface area contributed by atoms with Crippen LogP contribution in [0.4, 0.5) is 0 Å². The van der Waals surface area contributed by atoms with Gasteiger partial charge in [0.15, 0.2) is 0 Å². The Labute approximate surface area is 197 Å². The van der Waals surface area contributed by atoms with Crippen molar-refractivity contribution >= 4 is 17.8 Å². The van der Waals surface area contributed by atoms with E-state index in [4.69, 9.17) is 4.74 Å². The Hall–Kier alpha value is -2.41. The zero-order valence-corrected chi connectivity index (χ0v) is 20.9. The van der Waals surface area contributed by atoms with Crippen molar-refractivity contribution in [2.45, 2.75) is 78.2 Å². The maximum atomic E-state index is 12.7. The van der Waals surface area contributed by atoms with Gasteiger partial charge in [0.1, 0.15) is 11.8 Å². The van der Waals surface area contributed by atoms with Gasteiger partial charge in [0.2, 0.25) is 5.91 Å².